The molecular formula is C25H26ClNO5. The Morgan fingerprint density at radius 2 is 1.81 bits per heavy atom. The fraction of sp³-hybridized carbons (Fsp3) is 0.280. The molecule has 32 heavy (non-hydrogen) atoms. The number of halogens is 1. The van der Waals surface area contributed by atoms with Crippen LogP contribution in [0.2, 0.25) is 5.02 Å². The molecule has 7 heteroatoms. The molecule has 0 radical (unpaired) electrons. The quantitative estimate of drug-likeness (QED) is 0.514. The van der Waals surface area contributed by atoms with Gasteiger partial charge in [-0.05, 0) is 48.9 Å². The van der Waals surface area contributed by atoms with Crippen LogP contribution in [-0.4, -0.2) is 32.5 Å². The number of fused-ring (bicyclic) bond motifs is 1. The first-order valence-electron chi connectivity index (χ1n) is 10.3. The molecule has 0 bridgehead atoms. The maximum absolute atomic E-state index is 11.3. The van der Waals surface area contributed by atoms with E-state index in [0.29, 0.717) is 41.8 Å². The first-order chi connectivity index (χ1) is 15.5. The van der Waals surface area contributed by atoms with E-state index in [1.165, 1.54) is 0 Å². The number of hydrogen-bond acceptors (Lipinski definition) is 6. The van der Waals surface area contributed by atoms with Crippen molar-refractivity contribution in [2.75, 3.05) is 32.8 Å². The zero-order valence-electron chi connectivity index (χ0n) is 18.3. The minimum atomic E-state index is -0.898. The average Bonchev–Trinajstić information content (AvgIpc) is 2.83. The molecule has 1 atom stereocenters. The highest BCUT2D eigenvalue weighted by Gasteiger charge is 2.23. The smallest absolute Gasteiger partial charge is 0.164 e. The number of ether oxygens (including phenoxy) is 4. The molecule has 1 unspecified atom stereocenters. The van der Waals surface area contributed by atoms with E-state index in [1.54, 1.807) is 26.4 Å². The monoisotopic (exact) mass is 455 g/mol. The van der Waals surface area contributed by atoms with E-state index in [9.17, 15) is 5.11 Å². The van der Waals surface area contributed by atoms with E-state index in [2.05, 4.69) is 5.32 Å². The lowest BCUT2D eigenvalue weighted by Crippen LogP contribution is -2.17. The lowest BCUT2D eigenvalue weighted by molar-refractivity contribution is 0.168. The molecule has 0 aliphatic carbocycles. The van der Waals surface area contributed by atoms with Gasteiger partial charge in [0.1, 0.15) is 30.8 Å². The van der Waals surface area contributed by atoms with Gasteiger partial charge in [-0.3, -0.25) is 0 Å². The predicted molar refractivity (Wildman–Crippen MR) is 125 cm³/mol. The second kappa shape index (κ2) is 9.59. The number of hydrogen-bond donors (Lipinski definition) is 2. The van der Waals surface area contributed by atoms with Crippen LogP contribution in [0.15, 0.2) is 48.5 Å². The summed E-state index contributed by atoms with van der Waals surface area (Å²) in [5, 5.41) is 15.3. The van der Waals surface area contributed by atoms with E-state index >= 15 is 0 Å². The van der Waals surface area contributed by atoms with Crippen molar-refractivity contribution >= 4 is 17.3 Å². The Bertz CT molecular complexity index is 1120. The summed E-state index contributed by atoms with van der Waals surface area (Å²) in [6.07, 6.45) is -0.898. The Labute approximate surface area is 192 Å². The van der Waals surface area contributed by atoms with Gasteiger partial charge in [0, 0.05) is 40.0 Å². The Kier molecular flexibility index (Phi) is 6.63. The van der Waals surface area contributed by atoms with Crippen LogP contribution in [-0.2, 0) is 6.54 Å². The molecule has 168 valence electrons. The van der Waals surface area contributed by atoms with Crippen LogP contribution in [0, 0.1) is 6.92 Å². The number of benzene rings is 3. The minimum Gasteiger partial charge on any atom is -0.497 e. The van der Waals surface area contributed by atoms with Crippen LogP contribution in [0.4, 0.5) is 5.69 Å². The highest BCUT2D eigenvalue weighted by molar-refractivity contribution is 6.30. The van der Waals surface area contributed by atoms with Crippen LogP contribution in [0.5, 0.6) is 23.0 Å². The Morgan fingerprint density at radius 1 is 1.00 bits per heavy atom. The summed E-state index contributed by atoms with van der Waals surface area (Å²) in [6.45, 7) is 3.42. The molecule has 2 N–H and O–H groups in total. The van der Waals surface area contributed by atoms with Crippen molar-refractivity contribution < 1.29 is 24.1 Å². The molecule has 6 nitrogen and oxygen atoms in total. The number of aliphatic hydroxyl groups is 1. The summed E-state index contributed by atoms with van der Waals surface area (Å²) >= 11 is 6.28. The molecule has 0 aromatic heterocycles. The van der Waals surface area contributed by atoms with Gasteiger partial charge in [-0.1, -0.05) is 17.7 Å². The highest BCUT2D eigenvalue weighted by Crippen LogP contribution is 2.40. The molecule has 0 fully saturated rings. The van der Waals surface area contributed by atoms with Gasteiger partial charge in [0.05, 0.1) is 14.2 Å². The first kappa shape index (κ1) is 22.1. The summed E-state index contributed by atoms with van der Waals surface area (Å²) in [5.41, 5.74) is 3.98. The Morgan fingerprint density at radius 3 is 2.59 bits per heavy atom. The Balaban J connectivity index is 1.63. The van der Waals surface area contributed by atoms with Gasteiger partial charge in [-0.2, -0.15) is 0 Å². The van der Waals surface area contributed by atoms with E-state index in [-0.39, 0.29) is 0 Å². The van der Waals surface area contributed by atoms with Gasteiger partial charge in [-0.15, -0.1) is 0 Å². The van der Waals surface area contributed by atoms with E-state index in [1.807, 2.05) is 43.3 Å². The van der Waals surface area contributed by atoms with Gasteiger partial charge in [-0.25, -0.2) is 0 Å². The predicted octanol–water partition coefficient (Wildman–Crippen LogP) is 5.13. The van der Waals surface area contributed by atoms with Gasteiger partial charge in [0.25, 0.3) is 0 Å². The van der Waals surface area contributed by atoms with Gasteiger partial charge >= 0.3 is 0 Å². The van der Waals surface area contributed by atoms with Crippen LogP contribution in [0.25, 0.3) is 0 Å². The standard InChI is InChI=1S/C25H26ClNO5/c1-15-19(7-9-22-25(15)32-11-10-31-22)24(28)20-12-17(26)5-8-21(20)27-14-16-4-6-18(29-2)13-23(16)30-3/h4-9,12-13,24,27-28H,10-11,14H2,1-3H3. The maximum Gasteiger partial charge on any atom is 0.164 e. The summed E-state index contributed by atoms with van der Waals surface area (Å²) in [7, 11) is 3.24. The number of anilines is 1. The molecule has 1 aliphatic rings. The number of aliphatic hydroxyl groups excluding tert-OH is 1. The average molecular weight is 456 g/mol. The van der Waals surface area contributed by atoms with Crippen LogP contribution in [0.1, 0.15) is 28.4 Å². The summed E-state index contributed by atoms with van der Waals surface area (Å²) in [4.78, 5) is 0. The highest BCUT2D eigenvalue weighted by atomic mass is 35.5. The van der Waals surface area contributed by atoms with Crippen molar-refractivity contribution in [1.29, 1.82) is 0 Å². The second-order valence-electron chi connectivity index (χ2n) is 7.47. The minimum absolute atomic E-state index is 0.487. The van der Waals surface area contributed by atoms with Crippen LogP contribution in [0.3, 0.4) is 0 Å². The molecule has 4 rings (SSSR count). The fourth-order valence-corrected chi connectivity index (χ4v) is 4.02. The molecular weight excluding hydrogens is 430 g/mol. The second-order valence-corrected chi connectivity index (χ2v) is 7.91. The van der Waals surface area contributed by atoms with Gasteiger partial charge < -0.3 is 29.4 Å². The molecule has 0 amide bonds. The van der Waals surface area contributed by atoms with E-state index in [4.69, 9.17) is 30.5 Å². The van der Waals surface area contributed by atoms with Gasteiger partial charge in [0.15, 0.2) is 11.5 Å². The molecule has 1 aliphatic heterocycles. The van der Waals surface area contributed by atoms with Crippen molar-refractivity contribution in [3.63, 3.8) is 0 Å². The molecule has 3 aromatic carbocycles. The van der Waals surface area contributed by atoms with E-state index < -0.39 is 6.10 Å². The van der Waals surface area contributed by atoms with Crippen LogP contribution >= 0.6 is 11.6 Å². The molecule has 0 saturated carbocycles. The Hall–Kier alpha value is -3.09. The SMILES string of the molecule is COc1ccc(CNc2ccc(Cl)cc2C(O)c2ccc3c(c2C)OCCO3)c(OC)c1. The third kappa shape index (κ3) is 4.42. The third-order valence-corrected chi connectivity index (χ3v) is 5.80. The molecule has 0 saturated heterocycles. The van der Waals surface area contributed by atoms with Crippen molar-refractivity contribution in [3.8, 4) is 23.0 Å². The summed E-state index contributed by atoms with van der Waals surface area (Å²) in [5.74, 6) is 2.81. The lowest BCUT2D eigenvalue weighted by Gasteiger charge is -2.24. The van der Waals surface area contributed by atoms with Crippen molar-refractivity contribution in [2.24, 2.45) is 0 Å². The molecule has 0 spiro atoms. The third-order valence-electron chi connectivity index (χ3n) is 5.57. The van der Waals surface area contributed by atoms with Crippen molar-refractivity contribution in [3.05, 3.63) is 75.8 Å². The lowest BCUT2D eigenvalue weighted by atomic mass is 9.95. The number of nitrogens with one attached hydrogen (secondary N) is 1. The number of rotatable bonds is 7. The van der Waals surface area contributed by atoms with Crippen LogP contribution < -0.4 is 24.3 Å². The molecule has 1 heterocycles. The number of methoxy groups -OCH3 is 2. The topological polar surface area (TPSA) is 69.2 Å². The fourth-order valence-electron chi connectivity index (χ4n) is 3.84. The normalized spacial score (nSPS) is 13.4. The summed E-state index contributed by atoms with van der Waals surface area (Å²) < 4.78 is 22.2. The summed E-state index contributed by atoms with van der Waals surface area (Å²) in [6, 6.07) is 14.8. The van der Waals surface area contributed by atoms with Crippen molar-refractivity contribution in [2.45, 2.75) is 19.6 Å². The van der Waals surface area contributed by atoms with Gasteiger partial charge in [0.2, 0.25) is 0 Å². The largest absolute Gasteiger partial charge is 0.497 e. The van der Waals surface area contributed by atoms with E-state index in [0.717, 1.165) is 33.9 Å². The zero-order valence-corrected chi connectivity index (χ0v) is 19.0. The zero-order chi connectivity index (χ0) is 22.7. The van der Waals surface area contributed by atoms with Crippen molar-refractivity contribution in [1.82, 2.24) is 0 Å². The first-order valence-corrected chi connectivity index (χ1v) is 10.7. The maximum atomic E-state index is 11.3. The molecule has 3 aromatic rings.